The van der Waals surface area contributed by atoms with Gasteiger partial charge in [0.15, 0.2) is 11.7 Å². The maximum absolute atomic E-state index is 13.3. The largest absolute Gasteiger partial charge is 0.329 e. The van der Waals surface area contributed by atoms with Gasteiger partial charge in [0.25, 0.3) is 5.91 Å². The number of benzene rings is 1. The zero-order chi connectivity index (χ0) is 19.3. The number of aromatic nitrogens is 1. The molecule has 3 heterocycles. The van der Waals surface area contributed by atoms with E-state index in [1.807, 2.05) is 12.1 Å². The Balaban J connectivity index is 1.37. The lowest BCUT2D eigenvalue weighted by atomic mass is 9.73. The lowest BCUT2D eigenvalue weighted by Gasteiger charge is -2.37. The van der Waals surface area contributed by atoms with E-state index in [9.17, 15) is 9.59 Å². The van der Waals surface area contributed by atoms with Gasteiger partial charge in [0.2, 0.25) is 0 Å². The van der Waals surface area contributed by atoms with Crippen LogP contribution in [0.5, 0.6) is 0 Å². The van der Waals surface area contributed by atoms with Crippen LogP contribution in [0, 0.1) is 5.92 Å². The van der Waals surface area contributed by atoms with Crippen LogP contribution < -0.4 is 10.2 Å². The number of nitrogens with one attached hydrogen (secondary N) is 2. The predicted octanol–water partition coefficient (Wildman–Crippen LogP) is 2.47. The van der Waals surface area contributed by atoms with Gasteiger partial charge in [-0.05, 0) is 30.9 Å². The standard InChI is InChI=1S/C21H26N4O2S/c1-14-7-4-5-11-21(14)19(26)25(20(27)23-21)13-24-12-6-9-16(24)18-22-15-8-2-3-10-17(15)28-18/h2-3,8,10,14,16H,4-7,9,11-13H2,1H3,(H,23,27)/p+1/t14-,16+,21+/m0/s1. The first-order chi connectivity index (χ1) is 13.6. The summed E-state index contributed by atoms with van der Waals surface area (Å²) in [4.78, 5) is 33.7. The molecule has 1 aliphatic carbocycles. The molecule has 2 aromatic rings. The zero-order valence-corrected chi connectivity index (χ0v) is 17.1. The van der Waals surface area contributed by atoms with Crippen LogP contribution in [0.2, 0.25) is 0 Å². The summed E-state index contributed by atoms with van der Waals surface area (Å²) >= 11 is 1.74. The lowest BCUT2D eigenvalue weighted by Crippen LogP contribution is -3.12. The van der Waals surface area contributed by atoms with Crippen molar-refractivity contribution in [3.63, 3.8) is 0 Å². The first-order valence-electron chi connectivity index (χ1n) is 10.4. The molecule has 28 heavy (non-hydrogen) atoms. The predicted molar refractivity (Wildman–Crippen MR) is 108 cm³/mol. The van der Waals surface area contributed by atoms with Crippen LogP contribution in [-0.2, 0) is 4.79 Å². The normalized spacial score (nSPS) is 33.2. The van der Waals surface area contributed by atoms with Gasteiger partial charge in [-0.15, -0.1) is 11.3 Å². The number of hydrogen-bond donors (Lipinski definition) is 2. The summed E-state index contributed by atoms with van der Waals surface area (Å²) in [5, 5.41) is 4.21. The number of fused-ring (bicyclic) bond motifs is 1. The van der Waals surface area contributed by atoms with Gasteiger partial charge in [-0.3, -0.25) is 4.79 Å². The Labute approximate surface area is 168 Å². The average Bonchev–Trinajstić information content (AvgIpc) is 3.38. The van der Waals surface area contributed by atoms with Crippen LogP contribution in [-0.4, -0.2) is 40.6 Å². The number of urea groups is 1. The quantitative estimate of drug-likeness (QED) is 0.780. The van der Waals surface area contributed by atoms with E-state index in [0.717, 1.165) is 55.6 Å². The fraction of sp³-hybridized carbons (Fsp3) is 0.571. The Hall–Kier alpha value is -1.99. The molecule has 4 atom stereocenters. The number of thiazole rings is 1. The molecule has 2 saturated heterocycles. The van der Waals surface area contributed by atoms with Gasteiger partial charge < -0.3 is 10.2 Å². The second kappa shape index (κ2) is 6.81. The lowest BCUT2D eigenvalue weighted by molar-refractivity contribution is -0.925. The van der Waals surface area contributed by atoms with E-state index >= 15 is 0 Å². The third kappa shape index (κ3) is 2.75. The molecule has 1 unspecified atom stereocenters. The van der Waals surface area contributed by atoms with Crippen LogP contribution >= 0.6 is 11.3 Å². The van der Waals surface area contributed by atoms with E-state index in [4.69, 9.17) is 4.98 Å². The highest BCUT2D eigenvalue weighted by Gasteiger charge is 2.56. The molecule has 0 bridgehead atoms. The van der Waals surface area contributed by atoms with E-state index in [1.165, 1.54) is 14.5 Å². The van der Waals surface area contributed by atoms with Crippen LogP contribution in [0.1, 0.15) is 56.5 Å². The zero-order valence-electron chi connectivity index (χ0n) is 16.2. The third-order valence-electron chi connectivity index (χ3n) is 6.95. The number of carbonyl (C=O) groups is 2. The Morgan fingerprint density at radius 2 is 2.11 bits per heavy atom. The highest BCUT2D eigenvalue weighted by atomic mass is 32.1. The van der Waals surface area contributed by atoms with Crippen LogP contribution in [0.3, 0.4) is 0 Å². The van der Waals surface area contributed by atoms with Gasteiger partial charge in [-0.25, -0.2) is 14.7 Å². The third-order valence-corrected chi connectivity index (χ3v) is 8.10. The molecule has 2 N–H and O–H groups in total. The van der Waals surface area contributed by atoms with Gasteiger partial charge in [-0.2, -0.15) is 0 Å². The SMILES string of the molecule is C[C@H]1CCCC[C@@]12NC(=O)N(C[NH+]1CCC[C@@H]1c1nc3ccccc3s1)C2=O. The van der Waals surface area contributed by atoms with Gasteiger partial charge >= 0.3 is 6.03 Å². The smallest absolute Gasteiger partial charge is 0.323 e. The fourth-order valence-corrected chi connectivity index (χ4v) is 6.44. The number of nitrogens with zero attached hydrogens (tertiary/aromatic N) is 2. The van der Waals surface area contributed by atoms with E-state index in [1.54, 1.807) is 11.3 Å². The molecular weight excluding hydrogens is 372 g/mol. The van der Waals surface area contributed by atoms with Crippen molar-refractivity contribution in [2.45, 2.75) is 57.0 Å². The maximum atomic E-state index is 13.3. The summed E-state index contributed by atoms with van der Waals surface area (Å²) in [5.41, 5.74) is 0.374. The van der Waals surface area contributed by atoms with Gasteiger partial charge in [0.1, 0.15) is 11.6 Å². The molecule has 2 aliphatic heterocycles. The van der Waals surface area contributed by atoms with Crippen LogP contribution in [0.15, 0.2) is 24.3 Å². The number of amides is 3. The van der Waals surface area contributed by atoms with Crippen molar-refractivity contribution in [2.24, 2.45) is 5.92 Å². The summed E-state index contributed by atoms with van der Waals surface area (Å²) in [6.07, 6.45) is 6.08. The van der Waals surface area contributed by atoms with Crippen LogP contribution in [0.4, 0.5) is 4.79 Å². The van der Waals surface area contributed by atoms with Crippen molar-refractivity contribution in [3.8, 4) is 0 Å². The Bertz CT molecular complexity index is 895. The van der Waals surface area contributed by atoms with Crippen molar-refractivity contribution < 1.29 is 14.5 Å². The Kier molecular flexibility index (Phi) is 4.39. The molecule has 6 nitrogen and oxygen atoms in total. The minimum atomic E-state index is -0.667. The number of imide groups is 1. The number of likely N-dealkylation sites (tertiary alicyclic amines) is 1. The summed E-state index contributed by atoms with van der Waals surface area (Å²) in [7, 11) is 0. The Morgan fingerprint density at radius 3 is 2.93 bits per heavy atom. The molecular formula is C21H27N4O2S+. The molecule has 3 amide bonds. The monoisotopic (exact) mass is 399 g/mol. The molecule has 1 spiro atoms. The molecule has 1 aromatic carbocycles. The number of carbonyl (C=O) groups excluding carboxylic acids is 2. The first-order valence-corrected chi connectivity index (χ1v) is 11.2. The number of hydrogen-bond acceptors (Lipinski definition) is 4. The topological polar surface area (TPSA) is 66.7 Å². The number of rotatable bonds is 3. The molecule has 148 valence electrons. The van der Waals surface area contributed by atoms with Crippen molar-refractivity contribution in [1.29, 1.82) is 0 Å². The summed E-state index contributed by atoms with van der Waals surface area (Å²) in [6, 6.07) is 8.27. The maximum Gasteiger partial charge on any atom is 0.329 e. The Morgan fingerprint density at radius 1 is 1.25 bits per heavy atom. The summed E-state index contributed by atoms with van der Waals surface area (Å²) in [5.74, 6) is 0.198. The molecule has 3 aliphatic rings. The van der Waals surface area contributed by atoms with E-state index in [-0.39, 0.29) is 23.9 Å². The van der Waals surface area contributed by atoms with Crippen molar-refractivity contribution in [3.05, 3.63) is 29.3 Å². The fourth-order valence-electron chi connectivity index (χ4n) is 5.28. The summed E-state index contributed by atoms with van der Waals surface area (Å²) in [6.45, 7) is 3.52. The number of para-hydroxylation sites is 1. The van der Waals surface area contributed by atoms with Crippen molar-refractivity contribution in [2.75, 3.05) is 13.2 Å². The van der Waals surface area contributed by atoms with Gasteiger partial charge in [-0.1, -0.05) is 31.9 Å². The highest BCUT2D eigenvalue weighted by molar-refractivity contribution is 7.18. The van der Waals surface area contributed by atoms with Crippen molar-refractivity contribution >= 4 is 33.5 Å². The molecule has 1 aromatic heterocycles. The minimum Gasteiger partial charge on any atom is -0.323 e. The van der Waals surface area contributed by atoms with Gasteiger partial charge in [0, 0.05) is 12.8 Å². The van der Waals surface area contributed by atoms with Crippen LogP contribution in [0.25, 0.3) is 10.2 Å². The summed E-state index contributed by atoms with van der Waals surface area (Å²) < 4.78 is 1.20. The van der Waals surface area contributed by atoms with Gasteiger partial charge in [0.05, 0.1) is 16.8 Å². The minimum absolute atomic E-state index is 0.00727. The van der Waals surface area contributed by atoms with Crippen molar-refractivity contribution in [1.82, 2.24) is 15.2 Å². The van der Waals surface area contributed by atoms with E-state index < -0.39 is 5.54 Å². The second-order valence-electron chi connectivity index (χ2n) is 8.56. The van der Waals surface area contributed by atoms with E-state index in [2.05, 4.69) is 24.4 Å². The van der Waals surface area contributed by atoms with E-state index in [0.29, 0.717) is 6.67 Å². The average molecular weight is 400 g/mol. The molecule has 7 heteroatoms. The number of quaternary nitrogens is 1. The molecule has 1 saturated carbocycles. The highest BCUT2D eigenvalue weighted by Crippen LogP contribution is 2.38. The second-order valence-corrected chi connectivity index (χ2v) is 9.62. The molecule has 0 radical (unpaired) electrons. The molecule has 3 fully saturated rings. The first kappa shape index (κ1) is 18.1. The molecule has 5 rings (SSSR count).